The van der Waals surface area contributed by atoms with E-state index in [-0.39, 0.29) is 30.6 Å². The Labute approximate surface area is 149 Å². The zero-order valence-corrected chi connectivity index (χ0v) is 14.1. The molecular weight excluding hydrogens is 344 g/mol. The normalized spacial score (nSPS) is 36.9. The van der Waals surface area contributed by atoms with E-state index in [4.69, 9.17) is 19.7 Å². The standard InChI is InChI=1S/C10H8O4.C8H12O4/c11-7-9-1-2-10(5-9,4-3-9)8(12)14-6-13-7;9-7(10)5-1-2-6(4-3-5)8(11)12/h1-4H,5-6H2;5-6H,1-4H2,(H,9,10)(H,11,12). The zero-order valence-electron chi connectivity index (χ0n) is 14.1. The first-order valence-corrected chi connectivity index (χ1v) is 8.49. The molecule has 0 spiro atoms. The third-order valence-electron chi connectivity index (χ3n) is 5.51. The van der Waals surface area contributed by atoms with Crippen LogP contribution in [0.5, 0.6) is 0 Å². The van der Waals surface area contributed by atoms with E-state index in [1.165, 1.54) is 0 Å². The number of aliphatic carboxylic acids is 2. The summed E-state index contributed by atoms with van der Waals surface area (Å²) < 4.78 is 9.63. The monoisotopic (exact) mass is 364 g/mol. The van der Waals surface area contributed by atoms with E-state index in [0.717, 1.165) is 0 Å². The quantitative estimate of drug-likeness (QED) is 0.557. The second-order valence-corrected chi connectivity index (χ2v) is 7.13. The van der Waals surface area contributed by atoms with Crippen LogP contribution in [0.3, 0.4) is 0 Å². The summed E-state index contributed by atoms with van der Waals surface area (Å²) in [5.74, 6) is -2.90. The topological polar surface area (TPSA) is 127 Å². The van der Waals surface area contributed by atoms with Crippen LogP contribution in [-0.4, -0.2) is 40.9 Å². The molecule has 0 aromatic rings. The summed E-state index contributed by atoms with van der Waals surface area (Å²) in [4.78, 5) is 44.2. The maximum atomic E-state index is 11.6. The summed E-state index contributed by atoms with van der Waals surface area (Å²) >= 11 is 0. The summed E-state index contributed by atoms with van der Waals surface area (Å²) in [5, 5.41) is 17.2. The number of hydrogen-bond acceptors (Lipinski definition) is 6. The van der Waals surface area contributed by atoms with Gasteiger partial charge in [-0.15, -0.1) is 0 Å². The second-order valence-electron chi connectivity index (χ2n) is 7.13. The molecule has 140 valence electrons. The van der Waals surface area contributed by atoms with Gasteiger partial charge in [-0.25, -0.2) is 0 Å². The highest BCUT2D eigenvalue weighted by atomic mass is 16.7. The molecule has 0 unspecified atom stereocenters. The summed E-state index contributed by atoms with van der Waals surface area (Å²) in [7, 11) is 0. The Morgan fingerprint density at radius 2 is 1.15 bits per heavy atom. The molecule has 8 heteroatoms. The van der Waals surface area contributed by atoms with Gasteiger partial charge < -0.3 is 19.7 Å². The van der Waals surface area contributed by atoms with Crippen molar-refractivity contribution < 1.29 is 38.9 Å². The fraction of sp³-hybridized carbons (Fsp3) is 0.556. The smallest absolute Gasteiger partial charge is 0.322 e. The van der Waals surface area contributed by atoms with Gasteiger partial charge in [0.1, 0.15) is 10.8 Å². The predicted octanol–water partition coefficient (Wildman–Crippen LogP) is 1.51. The molecule has 3 aliphatic carbocycles. The Morgan fingerprint density at radius 3 is 1.46 bits per heavy atom. The van der Waals surface area contributed by atoms with E-state index in [9.17, 15) is 19.2 Å². The summed E-state index contributed by atoms with van der Waals surface area (Å²) in [5.41, 5.74) is -1.42. The molecule has 26 heavy (non-hydrogen) atoms. The first-order valence-electron chi connectivity index (χ1n) is 8.49. The lowest BCUT2D eigenvalue weighted by molar-refractivity contribution is -0.179. The Hall–Kier alpha value is -2.64. The highest BCUT2D eigenvalue weighted by Gasteiger charge is 2.57. The Kier molecular flexibility index (Phi) is 4.60. The SMILES string of the molecule is O=C(O)C1CCC(C(=O)O)CC1.O=C1OCOC(=O)C23C=CC1(C=C2)C3. The van der Waals surface area contributed by atoms with Crippen LogP contribution in [0, 0.1) is 22.7 Å². The van der Waals surface area contributed by atoms with E-state index in [1.807, 2.05) is 0 Å². The molecule has 8 nitrogen and oxygen atoms in total. The third kappa shape index (κ3) is 3.11. The van der Waals surface area contributed by atoms with Crippen molar-refractivity contribution in [3.05, 3.63) is 24.3 Å². The zero-order chi connectivity index (χ0) is 18.9. The maximum Gasteiger partial charge on any atom is 0.322 e. The largest absolute Gasteiger partial charge is 0.481 e. The molecule has 1 aliphatic heterocycles. The van der Waals surface area contributed by atoms with Gasteiger partial charge in [-0.05, 0) is 32.1 Å². The van der Waals surface area contributed by atoms with Crippen molar-refractivity contribution in [3.63, 3.8) is 0 Å². The minimum absolute atomic E-state index is 0.273. The Morgan fingerprint density at radius 1 is 0.808 bits per heavy atom. The van der Waals surface area contributed by atoms with Crippen molar-refractivity contribution in [1.82, 2.24) is 0 Å². The lowest BCUT2D eigenvalue weighted by Crippen LogP contribution is -2.34. The van der Waals surface area contributed by atoms with Gasteiger partial charge in [0.05, 0.1) is 11.8 Å². The Bertz CT molecular complexity index is 626. The van der Waals surface area contributed by atoms with Crippen molar-refractivity contribution in [1.29, 1.82) is 0 Å². The van der Waals surface area contributed by atoms with Gasteiger partial charge in [0.15, 0.2) is 0 Å². The van der Waals surface area contributed by atoms with E-state index in [0.29, 0.717) is 32.1 Å². The average Bonchev–Trinajstić information content (AvgIpc) is 3.22. The van der Waals surface area contributed by atoms with E-state index < -0.39 is 22.8 Å². The van der Waals surface area contributed by atoms with Crippen molar-refractivity contribution in [2.24, 2.45) is 22.7 Å². The van der Waals surface area contributed by atoms with Gasteiger partial charge in [0, 0.05) is 0 Å². The van der Waals surface area contributed by atoms with Crippen LogP contribution < -0.4 is 0 Å². The summed E-state index contributed by atoms with van der Waals surface area (Å²) in [6.07, 6.45) is 9.41. The number of carbonyl (C=O) groups is 4. The number of rotatable bonds is 2. The van der Waals surface area contributed by atoms with Gasteiger partial charge in [-0.3, -0.25) is 19.2 Å². The highest BCUT2D eigenvalue weighted by molar-refractivity contribution is 5.92. The molecular formula is C18H20O8. The minimum atomic E-state index is -0.793. The molecule has 1 heterocycles. The van der Waals surface area contributed by atoms with Gasteiger partial charge in [0.2, 0.25) is 6.79 Å². The molecule has 2 bridgehead atoms. The summed E-state index contributed by atoms with van der Waals surface area (Å²) in [6.45, 7) is -0.273. The lowest BCUT2D eigenvalue weighted by Gasteiger charge is -2.24. The number of hydrogen-bond donors (Lipinski definition) is 2. The maximum absolute atomic E-state index is 11.6. The van der Waals surface area contributed by atoms with E-state index in [2.05, 4.69) is 0 Å². The first kappa shape index (κ1) is 18.2. The molecule has 0 aromatic carbocycles. The average molecular weight is 364 g/mol. The molecule has 4 rings (SSSR count). The number of carbonyl (C=O) groups excluding carboxylic acids is 2. The molecule has 2 N–H and O–H groups in total. The van der Waals surface area contributed by atoms with E-state index in [1.54, 1.807) is 24.3 Å². The van der Waals surface area contributed by atoms with Gasteiger partial charge in [0.25, 0.3) is 0 Å². The molecule has 2 fully saturated rings. The van der Waals surface area contributed by atoms with Crippen molar-refractivity contribution in [2.75, 3.05) is 6.79 Å². The third-order valence-corrected chi connectivity index (χ3v) is 5.51. The van der Waals surface area contributed by atoms with Crippen LogP contribution in [0.1, 0.15) is 32.1 Å². The van der Waals surface area contributed by atoms with Crippen LogP contribution in [0.4, 0.5) is 0 Å². The van der Waals surface area contributed by atoms with E-state index >= 15 is 0 Å². The molecule has 0 atom stereocenters. The van der Waals surface area contributed by atoms with Crippen molar-refractivity contribution in [3.8, 4) is 0 Å². The van der Waals surface area contributed by atoms with Gasteiger partial charge in [-0.1, -0.05) is 24.3 Å². The fourth-order valence-electron chi connectivity index (χ4n) is 3.83. The predicted molar refractivity (Wildman–Crippen MR) is 85.5 cm³/mol. The Balaban J connectivity index is 0.000000153. The molecule has 1 saturated heterocycles. The number of ether oxygens (including phenoxy) is 2. The molecule has 0 radical (unpaired) electrons. The van der Waals surface area contributed by atoms with Crippen LogP contribution in [0.2, 0.25) is 0 Å². The number of carboxylic acid groups (broad SMARTS) is 2. The highest BCUT2D eigenvalue weighted by Crippen LogP contribution is 2.53. The molecule has 4 aliphatic rings. The number of cyclic esters (lactones) is 2. The van der Waals surface area contributed by atoms with Crippen molar-refractivity contribution in [2.45, 2.75) is 32.1 Å². The fourth-order valence-corrected chi connectivity index (χ4v) is 3.83. The van der Waals surface area contributed by atoms with Crippen LogP contribution in [-0.2, 0) is 28.7 Å². The number of esters is 2. The van der Waals surface area contributed by atoms with Gasteiger partial charge >= 0.3 is 23.9 Å². The number of carboxylic acids is 2. The first-order chi connectivity index (χ1) is 12.3. The van der Waals surface area contributed by atoms with Crippen LogP contribution >= 0.6 is 0 Å². The molecule has 0 aromatic heterocycles. The molecule has 0 amide bonds. The van der Waals surface area contributed by atoms with Crippen LogP contribution in [0.15, 0.2) is 24.3 Å². The van der Waals surface area contributed by atoms with Gasteiger partial charge in [-0.2, -0.15) is 0 Å². The minimum Gasteiger partial charge on any atom is -0.481 e. The molecule has 1 saturated carbocycles. The lowest BCUT2D eigenvalue weighted by atomic mass is 9.82. The van der Waals surface area contributed by atoms with Crippen molar-refractivity contribution >= 4 is 23.9 Å². The van der Waals surface area contributed by atoms with Crippen LogP contribution in [0.25, 0.3) is 0 Å². The summed E-state index contributed by atoms with van der Waals surface area (Å²) in [6, 6.07) is 0. The second kappa shape index (κ2) is 6.59.